The van der Waals surface area contributed by atoms with Crippen LogP contribution in [0.4, 0.5) is 0 Å². The molecule has 0 aliphatic heterocycles. The lowest BCUT2D eigenvalue weighted by atomic mass is 9.86. The fourth-order valence-corrected chi connectivity index (χ4v) is 2.29. The summed E-state index contributed by atoms with van der Waals surface area (Å²) in [7, 11) is 3.27. The highest BCUT2D eigenvalue weighted by atomic mass is 35.5. The van der Waals surface area contributed by atoms with E-state index in [0.717, 1.165) is 17.7 Å². The van der Waals surface area contributed by atoms with E-state index >= 15 is 0 Å². The largest absolute Gasteiger partial charge is 0.496 e. The molecule has 0 radical (unpaired) electrons. The third-order valence-electron chi connectivity index (χ3n) is 3.47. The molecular weight excluding hydrogens is 250 g/mol. The Bertz CT molecular complexity index is 396. The van der Waals surface area contributed by atoms with Crippen LogP contribution in [0.1, 0.15) is 31.7 Å². The predicted octanol–water partition coefficient (Wildman–Crippen LogP) is 3.45. The third-order valence-corrected chi connectivity index (χ3v) is 3.77. The first-order valence-corrected chi connectivity index (χ1v) is 6.54. The zero-order valence-electron chi connectivity index (χ0n) is 11.5. The minimum atomic E-state index is 0.342. The average molecular weight is 272 g/mol. The van der Waals surface area contributed by atoms with Crippen molar-refractivity contribution >= 4 is 11.6 Å². The van der Waals surface area contributed by atoms with E-state index in [1.165, 1.54) is 0 Å². The van der Waals surface area contributed by atoms with Crippen molar-refractivity contribution in [3.05, 3.63) is 22.7 Å². The van der Waals surface area contributed by atoms with E-state index in [1.54, 1.807) is 20.3 Å². The molecule has 0 aliphatic rings. The van der Waals surface area contributed by atoms with Gasteiger partial charge in [-0.1, -0.05) is 25.4 Å². The van der Waals surface area contributed by atoms with E-state index in [-0.39, 0.29) is 0 Å². The van der Waals surface area contributed by atoms with E-state index in [4.69, 9.17) is 26.8 Å². The topological polar surface area (TPSA) is 44.5 Å². The van der Waals surface area contributed by atoms with Crippen molar-refractivity contribution in [2.75, 3.05) is 20.8 Å². The fourth-order valence-electron chi connectivity index (χ4n) is 2.06. The smallest absolute Gasteiger partial charge is 0.138 e. The summed E-state index contributed by atoms with van der Waals surface area (Å²) in [5, 5.41) is 0.566. The van der Waals surface area contributed by atoms with Crippen LogP contribution >= 0.6 is 11.6 Å². The number of nitrogens with two attached hydrogens (primary N) is 1. The minimum absolute atomic E-state index is 0.342. The van der Waals surface area contributed by atoms with Gasteiger partial charge in [0.15, 0.2) is 0 Å². The molecule has 0 amide bonds. The first-order valence-electron chi connectivity index (χ1n) is 6.16. The Morgan fingerprint density at radius 3 is 2.28 bits per heavy atom. The average Bonchev–Trinajstić information content (AvgIpc) is 2.37. The van der Waals surface area contributed by atoms with Gasteiger partial charge in [-0.25, -0.2) is 0 Å². The molecule has 0 heterocycles. The van der Waals surface area contributed by atoms with Gasteiger partial charge in [0, 0.05) is 11.6 Å². The van der Waals surface area contributed by atoms with E-state index < -0.39 is 0 Å². The quantitative estimate of drug-likeness (QED) is 0.862. The molecule has 1 aromatic carbocycles. The molecule has 0 bridgehead atoms. The lowest BCUT2D eigenvalue weighted by molar-refractivity contribution is 0.382. The molecular formula is C14H22ClNO2. The SMILES string of the molecule is COc1cc(C(C)C(C)CCN)c(OC)cc1Cl. The Labute approximate surface area is 114 Å². The molecule has 102 valence electrons. The van der Waals surface area contributed by atoms with Crippen LogP contribution in [0.5, 0.6) is 11.5 Å². The first-order chi connectivity index (χ1) is 8.54. The molecule has 3 nitrogen and oxygen atoms in total. The second-order valence-electron chi connectivity index (χ2n) is 4.57. The van der Waals surface area contributed by atoms with Crippen molar-refractivity contribution in [1.29, 1.82) is 0 Å². The minimum Gasteiger partial charge on any atom is -0.496 e. The van der Waals surface area contributed by atoms with Crippen LogP contribution in [0.15, 0.2) is 12.1 Å². The monoisotopic (exact) mass is 271 g/mol. The molecule has 2 N–H and O–H groups in total. The molecule has 1 rings (SSSR count). The Balaban J connectivity index is 3.12. The van der Waals surface area contributed by atoms with Crippen LogP contribution in [-0.2, 0) is 0 Å². The highest BCUT2D eigenvalue weighted by Crippen LogP contribution is 2.39. The van der Waals surface area contributed by atoms with Gasteiger partial charge in [0.25, 0.3) is 0 Å². The van der Waals surface area contributed by atoms with Crippen molar-refractivity contribution in [2.24, 2.45) is 11.7 Å². The number of hydrogen-bond donors (Lipinski definition) is 1. The molecule has 4 heteroatoms. The van der Waals surface area contributed by atoms with Crippen molar-refractivity contribution < 1.29 is 9.47 Å². The number of methoxy groups -OCH3 is 2. The van der Waals surface area contributed by atoms with Crippen LogP contribution in [-0.4, -0.2) is 20.8 Å². The Morgan fingerprint density at radius 2 is 1.78 bits per heavy atom. The Morgan fingerprint density at radius 1 is 1.17 bits per heavy atom. The first kappa shape index (κ1) is 15.1. The summed E-state index contributed by atoms with van der Waals surface area (Å²) in [5.41, 5.74) is 6.73. The lowest BCUT2D eigenvalue weighted by Gasteiger charge is -2.22. The number of hydrogen-bond acceptors (Lipinski definition) is 3. The second-order valence-corrected chi connectivity index (χ2v) is 4.98. The lowest BCUT2D eigenvalue weighted by Crippen LogP contribution is -2.13. The molecule has 0 aromatic heterocycles. The van der Waals surface area contributed by atoms with E-state index in [2.05, 4.69) is 13.8 Å². The second kappa shape index (κ2) is 6.86. The van der Waals surface area contributed by atoms with Gasteiger partial charge in [-0.3, -0.25) is 0 Å². The van der Waals surface area contributed by atoms with Gasteiger partial charge >= 0.3 is 0 Å². The molecule has 18 heavy (non-hydrogen) atoms. The zero-order valence-corrected chi connectivity index (χ0v) is 12.3. The van der Waals surface area contributed by atoms with Gasteiger partial charge in [0.1, 0.15) is 11.5 Å². The van der Waals surface area contributed by atoms with Crippen molar-refractivity contribution in [2.45, 2.75) is 26.2 Å². The fraction of sp³-hybridized carbons (Fsp3) is 0.571. The zero-order chi connectivity index (χ0) is 13.7. The van der Waals surface area contributed by atoms with Gasteiger partial charge in [0.2, 0.25) is 0 Å². The number of ether oxygens (including phenoxy) is 2. The third kappa shape index (κ3) is 3.30. The highest BCUT2D eigenvalue weighted by molar-refractivity contribution is 6.32. The van der Waals surface area contributed by atoms with Crippen molar-refractivity contribution in [3.63, 3.8) is 0 Å². The van der Waals surface area contributed by atoms with Gasteiger partial charge in [0.05, 0.1) is 19.2 Å². The number of halogens is 1. The van der Waals surface area contributed by atoms with Gasteiger partial charge in [-0.15, -0.1) is 0 Å². The van der Waals surface area contributed by atoms with Gasteiger partial charge in [-0.05, 0) is 30.9 Å². The maximum atomic E-state index is 6.10. The van der Waals surface area contributed by atoms with Crippen LogP contribution in [0.3, 0.4) is 0 Å². The molecule has 2 atom stereocenters. The van der Waals surface area contributed by atoms with Crippen LogP contribution < -0.4 is 15.2 Å². The summed E-state index contributed by atoms with van der Waals surface area (Å²) in [4.78, 5) is 0. The van der Waals surface area contributed by atoms with Gasteiger partial charge < -0.3 is 15.2 Å². The van der Waals surface area contributed by atoms with Crippen molar-refractivity contribution in [1.82, 2.24) is 0 Å². The molecule has 1 aromatic rings. The molecule has 0 saturated carbocycles. The molecule has 0 spiro atoms. The number of benzene rings is 1. The maximum absolute atomic E-state index is 6.10. The van der Waals surface area contributed by atoms with Crippen LogP contribution in [0.2, 0.25) is 5.02 Å². The van der Waals surface area contributed by atoms with Gasteiger partial charge in [-0.2, -0.15) is 0 Å². The maximum Gasteiger partial charge on any atom is 0.138 e. The standard InChI is InChI=1S/C14H22ClNO2/c1-9(5-6-16)10(2)11-7-14(18-4)12(15)8-13(11)17-3/h7-10H,5-6,16H2,1-4H3. The highest BCUT2D eigenvalue weighted by Gasteiger charge is 2.20. The Kier molecular flexibility index (Phi) is 5.76. The molecule has 0 saturated heterocycles. The van der Waals surface area contributed by atoms with Crippen LogP contribution in [0.25, 0.3) is 0 Å². The summed E-state index contributed by atoms with van der Waals surface area (Å²) in [5.74, 6) is 2.31. The normalized spacial score (nSPS) is 14.1. The molecule has 0 fully saturated rings. The summed E-state index contributed by atoms with van der Waals surface area (Å²) in [6.45, 7) is 5.06. The van der Waals surface area contributed by atoms with E-state index in [0.29, 0.717) is 29.2 Å². The summed E-state index contributed by atoms with van der Waals surface area (Å²) >= 11 is 6.10. The van der Waals surface area contributed by atoms with Crippen LogP contribution in [0, 0.1) is 5.92 Å². The predicted molar refractivity (Wildman–Crippen MR) is 75.8 cm³/mol. The van der Waals surface area contributed by atoms with E-state index in [1.807, 2.05) is 6.07 Å². The van der Waals surface area contributed by atoms with E-state index in [9.17, 15) is 0 Å². The molecule has 0 aliphatic carbocycles. The summed E-state index contributed by atoms with van der Waals surface area (Å²) in [6, 6.07) is 3.76. The Hall–Kier alpha value is -0.930. The molecule has 2 unspecified atom stereocenters. The number of rotatable bonds is 6. The van der Waals surface area contributed by atoms with Crippen molar-refractivity contribution in [3.8, 4) is 11.5 Å². The summed E-state index contributed by atoms with van der Waals surface area (Å²) in [6.07, 6.45) is 0.981. The summed E-state index contributed by atoms with van der Waals surface area (Å²) < 4.78 is 10.7.